The summed E-state index contributed by atoms with van der Waals surface area (Å²) in [6.45, 7) is 1.19. The van der Waals surface area contributed by atoms with Gasteiger partial charge >= 0.3 is 0 Å². The van der Waals surface area contributed by atoms with Gasteiger partial charge in [-0.25, -0.2) is 0 Å². The highest BCUT2D eigenvalue weighted by molar-refractivity contribution is 5.81. The van der Waals surface area contributed by atoms with E-state index in [1.165, 1.54) is 0 Å². The first-order valence-electron chi connectivity index (χ1n) is 6.10. The maximum absolute atomic E-state index is 12.3. The SMILES string of the molecule is Nc1cnn(CCn2ccc3ccccc3c2=O)c1. The van der Waals surface area contributed by atoms with E-state index in [1.54, 1.807) is 21.6 Å². The fourth-order valence-electron chi connectivity index (χ4n) is 2.12. The van der Waals surface area contributed by atoms with Crippen LogP contribution in [0, 0.1) is 0 Å². The lowest BCUT2D eigenvalue weighted by Gasteiger charge is -2.07. The average molecular weight is 254 g/mol. The highest BCUT2D eigenvalue weighted by atomic mass is 16.1. The van der Waals surface area contributed by atoms with Crippen molar-refractivity contribution in [1.82, 2.24) is 14.3 Å². The van der Waals surface area contributed by atoms with Gasteiger partial charge in [-0.3, -0.25) is 9.48 Å². The summed E-state index contributed by atoms with van der Waals surface area (Å²) in [5.74, 6) is 0. The van der Waals surface area contributed by atoms with Crippen molar-refractivity contribution in [2.45, 2.75) is 13.1 Å². The maximum atomic E-state index is 12.3. The Morgan fingerprint density at radius 3 is 2.79 bits per heavy atom. The fourth-order valence-corrected chi connectivity index (χ4v) is 2.12. The number of nitrogen functional groups attached to an aromatic ring is 1. The molecular weight excluding hydrogens is 240 g/mol. The molecule has 0 spiro atoms. The van der Waals surface area contributed by atoms with Gasteiger partial charge in [0.1, 0.15) is 0 Å². The van der Waals surface area contributed by atoms with Gasteiger partial charge in [-0.1, -0.05) is 18.2 Å². The van der Waals surface area contributed by atoms with E-state index in [4.69, 9.17) is 5.73 Å². The van der Waals surface area contributed by atoms with Gasteiger partial charge in [0.25, 0.3) is 5.56 Å². The van der Waals surface area contributed by atoms with Crippen LogP contribution >= 0.6 is 0 Å². The van der Waals surface area contributed by atoms with Crippen LogP contribution in [-0.4, -0.2) is 14.3 Å². The van der Waals surface area contributed by atoms with E-state index < -0.39 is 0 Å². The van der Waals surface area contributed by atoms with E-state index in [2.05, 4.69) is 5.10 Å². The smallest absolute Gasteiger partial charge is 0.258 e. The highest BCUT2D eigenvalue weighted by Crippen LogP contribution is 2.08. The summed E-state index contributed by atoms with van der Waals surface area (Å²) < 4.78 is 3.43. The van der Waals surface area contributed by atoms with Gasteiger partial charge < -0.3 is 10.3 Å². The van der Waals surface area contributed by atoms with Crippen molar-refractivity contribution in [3.63, 3.8) is 0 Å². The third kappa shape index (κ3) is 2.22. The third-order valence-electron chi connectivity index (χ3n) is 3.11. The number of hydrogen-bond donors (Lipinski definition) is 1. The molecule has 1 aromatic carbocycles. The molecule has 3 rings (SSSR count). The number of nitrogens with two attached hydrogens (primary N) is 1. The normalized spacial score (nSPS) is 10.9. The second kappa shape index (κ2) is 4.61. The molecule has 0 amide bonds. The Balaban J connectivity index is 1.89. The van der Waals surface area contributed by atoms with Crippen LogP contribution in [-0.2, 0) is 13.1 Å². The summed E-state index contributed by atoms with van der Waals surface area (Å²) in [7, 11) is 0. The van der Waals surface area contributed by atoms with Crippen LogP contribution in [0.5, 0.6) is 0 Å². The van der Waals surface area contributed by atoms with E-state index >= 15 is 0 Å². The van der Waals surface area contributed by atoms with Crippen LogP contribution in [0.1, 0.15) is 0 Å². The number of aromatic nitrogens is 3. The molecule has 0 aliphatic heterocycles. The zero-order valence-corrected chi connectivity index (χ0v) is 10.4. The molecule has 0 saturated heterocycles. The third-order valence-corrected chi connectivity index (χ3v) is 3.11. The second-order valence-corrected chi connectivity index (χ2v) is 4.44. The number of benzene rings is 1. The summed E-state index contributed by atoms with van der Waals surface area (Å²) in [4.78, 5) is 12.3. The number of pyridine rings is 1. The van der Waals surface area contributed by atoms with E-state index in [9.17, 15) is 4.79 Å². The monoisotopic (exact) mass is 254 g/mol. The van der Waals surface area contributed by atoms with E-state index in [0.717, 1.165) is 10.8 Å². The van der Waals surface area contributed by atoms with Crippen LogP contribution in [0.15, 0.2) is 53.7 Å². The van der Waals surface area contributed by atoms with Crippen LogP contribution in [0.25, 0.3) is 10.8 Å². The van der Waals surface area contributed by atoms with Crippen LogP contribution < -0.4 is 11.3 Å². The molecule has 5 nitrogen and oxygen atoms in total. The summed E-state index contributed by atoms with van der Waals surface area (Å²) in [5, 5.41) is 5.80. The Hall–Kier alpha value is -2.56. The number of aryl methyl sites for hydroxylation is 2. The maximum Gasteiger partial charge on any atom is 0.258 e. The minimum atomic E-state index is 0.0261. The summed E-state index contributed by atoms with van der Waals surface area (Å²) >= 11 is 0. The minimum Gasteiger partial charge on any atom is -0.396 e. The van der Waals surface area contributed by atoms with Gasteiger partial charge in [0.15, 0.2) is 0 Å². The molecule has 0 saturated carbocycles. The zero-order valence-electron chi connectivity index (χ0n) is 10.4. The van der Waals surface area contributed by atoms with Gasteiger partial charge in [-0.15, -0.1) is 0 Å². The van der Waals surface area contributed by atoms with E-state index in [1.807, 2.05) is 36.5 Å². The van der Waals surface area contributed by atoms with Crippen molar-refractivity contribution < 1.29 is 0 Å². The molecule has 0 aliphatic rings. The Morgan fingerprint density at radius 2 is 2.00 bits per heavy atom. The Kier molecular flexibility index (Phi) is 2.79. The number of hydrogen-bond acceptors (Lipinski definition) is 3. The first kappa shape index (κ1) is 11.5. The van der Waals surface area contributed by atoms with Gasteiger partial charge in [-0.2, -0.15) is 5.10 Å². The number of rotatable bonds is 3. The lowest BCUT2D eigenvalue weighted by molar-refractivity contribution is 0.526. The molecule has 5 heteroatoms. The van der Waals surface area contributed by atoms with Gasteiger partial charge in [0, 0.05) is 24.3 Å². The minimum absolute atomic E-state index is 0.0261. The molecule has 19 heavy (non-hydrogen) atoms. The number of fused-ring (bicyclic) bond motifs is 1. The Bertz CT molecular complexity index is 772. The standard InChI is InChI=1S/C14H14N4O/c15-12-9-16-18(10-12)8-7-17-6-5-11-3-1-2-4-13(11)14(17)19/h1-6,9-10H,7-8,15H2. The highest BCUT2D eigenvalue weighted by Gasteiger charge is 2.02. The quantitative estimate of drug-likeness (QED) is 0.770. The lowest BCUT2D eigenvalue weighted by atomic mass is 10.2. The average Bonchev–Trinajstić information content (AvgIpc) is 2.84. The molecule has 2 aromatic heterocycles. The topological polar surface area (TPSA) is 65.8 Å². The van der Waals surface area contributed by atoms with Crippen molar-refractivity contribution >= 4 is 16.5 Å². The predicted molar refractivity (Wildman–Crippen MR) is 74.8 cm³/mol. The predicted octanol–water partition coefficient (Wildman–Crippen LogP) is 1.48. The van der Waals surface area contributed by atoms with E-state index in [0.29, 0.717) is 18.8 Å². The summed E-state index contributed by atoms with van der Waals surface area (Å²) in [5.41, 5.74) is 6.26. The molecule has 3 aromatic rings. The molecule has 2 heterocycles. The lowest BCUT2D eigenvalue weighted by Crippen LogP contribution is -2.22. The van der Waals surface area contributed by atoms with Crippen molar-refractivity contribution in [3.8, 4) is 0 Å². The molecule has 0 fully saturated rings. The first-order valence-corrected chi connectivity index (χ1v) is 6.10. The Labute approximate surface area is 109 Å². The van der Waals surface area contributed by atoms with Crippen LogP contribution in [0.4, 0.5) is 5.69 Å². The largest absolute Gasteiger partial charge is 0.396 e. The fraction of sp³-hybridized carbons (Fsp3) is 0.143. The molecule has 0 atom stereocenters. The molecule has 0 radical (unpaired) electrons. The first-order chi connectivity index (χ1) is 9.24. The van der Waals surface area contributed by atoms with Crippen molar-refractivity contribution in [3.05, 3.63) is 59.3 Å². The van der Waals surface area contributed by atoms with Crippen molar-refractivity contribution in [2.24, 2.45) is 0 Å². The Morgan fingerprint density at radius 1 is 1.16 bits per heavy atom. The summed E-state index contributed by atoms with van der Waals surface area (Å²) in [6, 6.07) is 9.55. The second-order valence-electron chi connectivity index (χ2n) is 4.44. The van der Waals surface area contributed by atoms with Crippen LogP contribution in [0.2, 0.25) is 0 Å². The van der Waals surface area contributed by atoms with Crippen molar-refractivity contribution in [1.29, 1.82) is 0 Å². The number of anilines is 1. The summed E-state index contributed by atoms with van der Waals surface area (Å²) in [6.07, 6.45) is 5.17. The van der Waals surface area contributed by atoms with Gasteiger partial charge in [0.2, 0.25) is 0 Å². The zero-order chi connectivity index (χ0) is 13.2. The van der Waals surface area contributed by atoms with Gasteiger partial charge in [-0.05, 0) is 17.5 Å². The molecule has 0 unspecified atom stereocenters. The molecule has 2 N–H and O–H groups in total. The van der Waals surface area contributed by atoms with Crippen molar-refractivity contribution in [2.75, 3.05) is 5.73 Å². The molecule has 96 valence electrons. The molecular formula is C14H14N4O. The molecule has 0 aliphatic carbocycles. The van der Waals surface area contributed by atoms with Gasteiger partial charge in [0.05, 0.1) is 18.4 Å². The number of nitrogens with zero attached hydrogens (tertiary/aromatic N) is 3. The van der Waals surface area contributed by atoms with Crippen LogP contribution in [0.3, 0.4) is 0 Å². The van der Waals surface area contributed by atoms with E-state index in [-0.39, 0.29) is 5.56 Å². The molecule has 0 bridgehead atoms.